The predicted molar refractivity (Wildman–Crippen MR) is 74.4 cm³/mol. The summed E-state index contributed by atoms with van der Waals surface area (Å²) in [6.45, 7) is 3.30. The summed E-state index contributed by atoms with van der Waals surface area (Å²) in [5.41, 5.74) is -0.506. The van der Waals surface area contributed by atoms with Crippen LogP contribution in [0.3, 0.4) is 0 Å². The Balaban J connectivity index is 2.91. The number of rotatable bonds is 4. The second-order valence-corrected chi connectivity index (χ2v) is 5.24. The van der Waals surface area contributed by atoms with Crippen LogP contribution in [0.5, 0.6) is 0 Å². The third-order valence-corrected chi connectivity index (χ3v) is 3.35. The Morgan fingerprint density at radius 3 is 2.68 bits per heavy atom. The number of carbonyl (C=O) groups is 1. The third kappa shape index (κ3) is 3.78. The maximum Gasteiger partial charge on any atom is 0.246 e. The van der Waals surface area contributed by atoms with Gasteiger partial charge in [0.05, 0.1) is 17.2 Å². The predicted octanol–water partition coefficient (Wildman–Crippen LogP) is 2.72. The molecule has 0 aromatic heterocycles. The lowest BCUT2D eigenvalue weighted by Crippen LogP contribution is -2.47. The average Bonchev–Trinajstić information content (AvgIpc) is 2.37. The number of aliphatic hydroxyl groups excluding tert-OH is 1. The van der Waals surface area contributed by atoms with Gasteiger partial charge < -0.3 is 10.0 Å². The van der Waals surface area contributed by atoms with Crippen LogP contribution in [-0.4, -0.2) is 35.1 Å². The van der Waals surface area contributed by atoms with Gasteiger partial charge in [-0.2, -0.15) is 0 Å². The first-order chi connectivity index (χ1) is 8.79. The van der Waals surface area contributed by atoms with Crippen LogP contribution in [-0.2, 0) is 4.79 Å². The Morgan fingerprint density at radius 1 is 1.53 bits per heavy atom. The molecule has 0 aliphatic heterocycles. The van der Waals surface area contributed by atoms with E-state index in [2.05, 4.69) is 0 Å². The van der Waals surface area contributed by atoms with Crippen LogP contribution in [0.4, 0.5) is 4.39 Å². The molecule has 0 saturated carbocycles. The fourth-order valence-electron chi connectivity index (χ4n) is 1.34. The molecular weight excluding hydrogens is 269 g/mol. The van der Waals surface area contributed by atoms with E-state index in [1.807, 2.05) is 0 Å². The summed E-state index contributed by atoms with van der Waals surface area (Å²) in [6.07, 6.45) is 2.58. The van der Waals surface area contributed by atoms with Crippen molar-refractivity contribution < 1.29 is 14.3 Å². The second-order valence-electron chi connectivity index (χ2n) is 4.84. The molecule has 3 nitrogen and oxygen atoms in total. The first-order valence-electron chi connectivity index (χ1n) is 5.80. The molecule has 1 rings (SSSR count). The molecule has 0 atom stereocenters. The van der Waals surface area contributed by atoms with Gasteiger partial charge in [0.15, 0.2) is 0 Å². The minimum atomic E-state index is -0.680. The Kier molecular flexibility index (Phi) is 5.09. The van der Waals surface area contributed by atoms with Gasteiger partial charge in [-0.1, -0.05) is 17.7 Å². The van der Waals surface area contributed by atoms with Crippen LogP contribution < -0.4 is 0 Å². The zero-order valence-corrected chi connectivity index (χ0v) is 11.9. The number of hydrogen-bond donors (Lipinski definition) is 1. The summed E-state index contributed by atoms with van der Waals surface area (Å²) < 4.78 is 13.5. The SMILES string of the molecule is CN(C(=O)/C=C/c1c(F)cccc1Cl)C(C)(C)CO. The molecule has 104 valence electrons. The quantitative estimate of drug-likeness (QED) is 0.864. The van der Waals surface area contributed by atoms with Crippen molar-refractivity contribution >= 4 is 23.6 Å². The summed E-state index contributed by atoms with van der Waals surface area (Å²) in [5.74, 6) is -0.820. The minimum absolute atomic E-state index is 0.163. The van der Waals surface area contributed by atoms with Crippen molar-refractivity contribution in [2.45, 2.75) is 19.4 Å². The molecule has 0 saturated heterocycles. The van der Waals surface area contributed by atoms with Crippen molar-refractivity contribution in [1.29, 1.82) is 0 Å². The fraction of sp³-hybridized carbons (Fsp3) is 0.357. The number of likely N-dealkylation sites (N-methyl/N-ethyl adjacent to an activating group) is 1. The number of benzene rings is 1. The van der Waals surface area contributed by atoms with E-state index in [0.29, 0.717) is 0 Å². The molecule has 0 heterocycles. The highest BCUT2D eigenvalue weighted by Gasteiger charge is 2.25. The van der Waals surface area contributed by atoms with E-state index < -0.39 is 11.4 Å². The zero-order valence-electron chi connectivity index (χ0n) is 11.2. The van der Waals surface area contributed by atoms with Gasteiger partial charge in [-0.05, 0) is 32.1 Å². The monoisotopic (exact) mass is 285 g/mol. The number of aliphatic hydroxyl groups is 1. The highest BCUT2D eigenvalue weighted by atomic mass is 35.5. The summed E-state index contributed by atoms with van der Waals surface area (Å²) in [6, 6.07) is 4.32. The lowest BCUT2D eigenvalue weighted by atomic mass is 10.1. The van der Waals surface area contributed by atoms with Crippen LogP contribution in [0.25, 0.3) is 6.08 Å². The van der Waals surface area contributed by atoms with Gasteiger partial charge in [-0.25, -0.2) is 4.39 Å². The van der Waals surface area contributed by atoms with Crippen molar-refractivity contribution in [3.8, 4) is 0 Å². The first kappa shape index (κ1) is 15.7. The summed E-state index contributed by atoms with van der Waals surface area (Å²) >= 11 is 5.85. The zero-order chi connectivity index (χ0) is 14.6. The van der Waals surface area contributed by atoms with Crippen LogP contribution in [0.1, 0.15) is 19.4 Å². The molecule has 0 aliphatic carbocycles. The van der Waals surface area contributed by atoms with Gasteiger partial charge >= 0.3 is 0 Å². The van der Waals surface area contributed by atoms with Gasteiger partial charge in [-0.15, -0.1) is 0 Å². The maximum atomic E-state index is 13.5. The number of nitrogens with zero attached hydrogens (tertiary/aromatic N) is 1. The van der Waals surface area contributed by atoms with Crippen LogP contribution in [0, 0.1) is 5.82 Å². The van der Waals surface area contributed by atoms with Crippen LogP contribution in [0.15, 0.2) is 24.3 Å². The molecule has 19 heavy (non-hydrogen) atoms. The van der Waals surface area contributed by atoms with Crippen LogP contribution in [0.2, 0.25) is 5.02 Å². The topological polar surface area (TPSA) is 40.5 Å². The smallest absolute Gasteiger partial charge is 0.246 e. The normalized spacial score (nSPS) is 11.9. The van der Waals surface area contributed by atoms with E-state index in [9.17, 15) is 14.3 Å². The van der Waals surface area contributed by atoms with E-state index in [0.717, 1.165) is 0 Å². The largest absolute Gasteiger partial charge is 0.394 e. The maximum absolute atomic E-state index is 13.5. The number of carbonyl (C=O) groups excluding carboxylic acids is 1. The highest BCUT2D eigenvalue weighted by molar-refractivity contribution is 6.32. The Hall–Kier alpha value is -1.39. The molecule has 0 spiro atoms. The van der Waals surface area contributed by atoms with Gasteiger partial charge in [0, 0.05) is 18.7 Å². The molecule has 1 aromatic carbocycles. The standard InChI is InChI=1S/C14H17ClFNO2/c1-14(2,9-18)17(3)13(19)8-7-10-11(15)5-4-6-12(10)16/h4-8,18H,9H2,1-3H3/b8-7+. The third-order valence-electron chi connectivity index (χ3n) is 3.02. The number of amides is 1. The second kappa shape index (κ2) is 6.17. The minimum Gasteiger partial charge on any atom is -0.394 e. The molecule has 0 fully saturated rings. The molecule has 5 heteroatoms. The van der Waals surface area contributed by atoms with Crippen LogP contribution >= 0.6 is 11.6 Å². The summed E-state index contributed by atoms with van der Waals surface area (Å²) in [7, 11) is 1.58. The molecule has 1 N–H and O–H groups in total. The molecule has 0 bridgehead atoms. The molecule has 1 amide bonds. The van der Waals surface area contributed by atoms with Crippen molar-refractivity contribution in [1.82, 2.24) is 4.90 Å². The van der Waals surface area contributed by atoms with Gasteiger partial charge in [0.1, 0.15) is 5.82 Å². The lowest BCUT2D eigenvalue weighted by molar-refractivity contribution is -0.130. The Morgan fingerprint density at radius 2 is 2.16 bits per heavy atom. The fourth-order valence-corrected chi connectivity index (χ4v) is 1.57. The number of hydrogen-bond acceptors (Lipinski definition) is 2. The van der Waals surface area contributed by atoms with E-state index in [1.54, 1.807) is 27.0 Å². The van der Waals surface area contributed by atoms with Crippen molar-refractivity contribution in [3.05, 3.63) is 40.7 Å². The molecule has 0 radical (unpaired) electrons. The molecule has 0 unspecified atom stereocenters. The highest BCUT2D eigenvalue weighted by Crippen LogP contribution is 2.20. The summed E-state index contributed by atoms with van der Waals surface area (Å²) in [5, 5.41) is 9.43. The summed E-state index contributed by atoms with van der Waals surface area (Å²) in [4.78, 5) is 13.3. The van der Waals surface area contributed by atoms with E-state index >= 15 is 0 Å². The molecule has 0 aliphatic rings. The Labute approximate surface area is 117 Å². The molecular formula is C14H17ClFNO2. The molecule has 1 aromatic rings. The van der Waals surface area contributed by atoms with Gasteiger partial charge in [0.25, 0.3) is 0 Å². The Bertz CT molecular complexity index is 480. The van der Waals surface area contributed by atoms with Gasteiger partial charge in [0.2, 0.25) is 5.91 Å². The lowest BCUT2D eigenvalue weighted by Gasteiger charge is -2.33. The van der Waals surface area contributed by atoms with E-state index in [4.69, 9.17) is 11.6 Å². The number of halogens is 2. The van der Waals surface area contributed by atoms with E-state index in [1.165, 1.54) is 29.2 Å². The first-order valence-corrected chi connectivity index (χ1v) is 6.18. The van der Waals surface area contributed by atoms with Crippen molar-refractivity contribution in [3.63, 3.8) is 0 Å². The van der Waals surface area contributed by atoms with Crippen molar-refractivity contribution in [2.24, 2.45) is 0 Å². The van der Waals surface area contributed by atoms with Crippen molar-refractivity contribution in [2.75, 3.05) is 13.7 Å². The van der Waals surface area contributed by atoms with E-state index in [-0.39, 0.29) is 23.1 Å². The average molecular weight is 286 g/mol. The van der Waals surface area contributed by atoms with Gasteiger partial charge in [-0.3, -0.25) is 4.79 Å².